The molecule has 1 aliphatic heterocycles. The molecule has 3 rings (SSSR count). The number of hydrogen-bond acceptors (Lipinski definition) is 3. The van der Waals surface area contributed by atoms with Gasteiger partial charge in [-0.25, -0.2) is 0 Å². The van der Waals surface area contributed by atoms with Gasteiger partial charge in [-0.1, -0.05) is 30.7 Å². The smallest absolute Gasteiger partial charge is 0.261 e. The molecule has 0 spiro atoms. The van der Waals surface area contributed by atoms with Crippen LogP contribution in [0, 0.1) is 0 Å². The van der Waals surface area contributed by atoms with E-state index in [9.17, 15) is 14.4 Å². The normalized spacial score (nSPS) is 13.5. The van der Waals surface area contributed by atoms with Crippen LogP contribution >= 0.6 is 0 Å². The first kappa shape index (κ1) is 16.2. The average molecular weight is 324 g/mol. The summed E-state index contributed by atoms with van der Waals surface area (Å²) in [5, 5.41) is 4.25. The zero-order valence-corrected chi connectivity index (χ0v) is 13.7. The van der Waals surface area contributed by atoms with Gasteiger partial charge in [-0.05, 0) is 30.4 Å². The molecule has 3 amide bonds. The zero-order chi connectivity index (χ0) is 17.1. The topological polar surface area (TPSA) is 66.5 Å². The second-order valence-electron chi connectivity index (χ2n) is 5.96. The quantitative estimate of drug-likeness (QED) is 0.656. The number of carbonyl (C=O) groups excluding carboxylic acids is 3. The van der Waals surface area contributed by atoms with Gasteiger partial charge in [-0.2, -0.15) is 0 Å². The minimum Gasteiger partial charge on any atom is -0.359 e. The lowest BCUT2D eigenvalue weighted by Crippen LogP contribution is -2.40. The van der Waals surface area contributed by atoms with Crippen molar-refractivity contribution in [2.24, 2.45) is 0 Å². The lowest BCUT2D eigenvalue weighted by molar-refractivity contribution is -0.120. The molecule has 24 heavy (non-hydrogen) atoms. The van der Waals surface area contributed by atoms with Gasteiger partial charge in [0.1, 0.15) is 0 Å². The van der Waals surface area contributed by atoms with E-state index in [4.69, 9.17) is 0 Å². The summed E-state index contributed by atoms with van der Waals surface area (Å²) >= 11 is 0. The van der Waals surface area contributed by atoms with Crippen molar-refractivity contribution in [1.29, 1.82) is 0 Å². The van der Waals surface area contributed by atoms with Crippen LogP contribution < -0.4 is 5.32 Å². The molecule has 5 heteroatoms. The molecule has 0 unspecified atom stereocenters. The van der Waals surface area contributed by atoms with Crippen molar-refractivity contribution in [2.75, 3.05) is 13.6 Å². The summed E-state index contributed by atoms with van der Waals surface area (Å²) < 4.78 is 0. The summed E-state index contributed by atoms with van der Waals surface area (Å²) in [4.78, 5) is 37.9. The summed E-state index contributed by atoms with van der Waals surface area (Å²) in [6.07, 6.45) is 2.73. The number of rotatable bonds is 6. The van der Waals surface area contributed by atoms with Crippen LogP contribution in [0.4, 0.5) is 0 Å². The largest absolute Gasteiger partial charge is 0.359 e. The fourth-order valence-electron chi connectivity index (χ4n) is 3.14. The maximum absolute atomic E-state index is 12.7. The molecule has 0 atom stereocenters. The van der Waals surface area contributed by atoms with E-state index >= 15 is 0 Å². The van der Waals surface area contributed by atoms with Crippen molar-refractivity contribution in [3.63, 3.8) is 0 Å². The molecular formula is C19H20N2O3. The summed E-state index contributed by atoms with van der Waals surface area (Å²) in [5.74, 6) is -0.438. The summed E-state index contributed by atoms with van der Waals surface area (Å²) in [6.45, 7) is 0.385. The Bertz CT molecular complexity index is 763. The third-order valence-electron chi connectivity index (χ3n) is 4.42. The highest BCUT2D eigenvalue weighted by molar-refractivity contribution is 6.25. The van der Waals surface area contributed by atoms with Crippen LogP contribution in [0.25, 0.3) is 10.8 Å². The minimum absolute atomic E-state index is 0.0146. The van der Waals surface area contributed by atoms with E-state index in [-0.39, 0.29) is 17.7 Å². The predicted molar refractivity (Wildman–Crippen MR) is 91.8 cm³/mol. The molecule has 1 aliphatic rings. The number of imide groups is 1. The number of amides is 3. The lowest BCUT2D eigenvalue weighted by atomic mass is 9.94. The first-order chi connectivity index (χ1) is 11.6. The number of unbranched alkanes of at least 4 members (excludes halogenated alkanes) is 2. The van der Waals surface area contributed by atoms with E-state index in [1.165, 1.54) is 4.90 Å². The SMILES string of the molecule is CNC(=O)CCCCCN1C(=O)c2cccc3cccc(c23)C1=O. The Kier molecular flexibility index (Phi) is 4.60. The highest BCUT2D eigenvalue weighted by atomic mass is 16.2. The van der Waals surface area contributed by atoms with E-state index in [0.717, 1.165) is 23.6 Å². The standard InChI is InChI=1S/C19H20N2O3/c1-20-16(22)11-3-2-4-12-21-18(23)14-9-5-7-13-8-6-10-15(17(13)14)19(21)24/h5-10H,2-4,11-12H2,1H3,(H,20,22). The second kappa shape index (κ2) is 6.83. The molecule has 1 N–H and O–H groups in total. The lowest BCUT2D eigenvalue weighted by Gasteiger charge is -2.27. The predicted octanol–water partition coefficient (Wildman–Crippen LogP) is 2.74. The molecule has 0 saturated heterocycles. The number of nitrogens with zero attached hydrogens (tertiary/aromatic N) is 1. The molecule has 124 valence electrons. The maximum atomic E-state index is 12.7. The first-order valence-corrected chi connectivity index (χ1v) is 8.22. The van der Waals surface area contributed by atoms with Gasteiger partial charge in [-0.15, -0.1) is 0 Å². The van der Waals surface area contributed by atoms with Gasteiger partial charge in [0.2, 0.25) is 5.91 Å². The Morgan fingerprint density at radius 1 is 0.958 bits per heavy atom. The Morgan fingerprint density at radius 3 is 2.17 bits per heavy atom. The molecule has 5 nitrogen and oxygen atoms in total. The summed E-state index contributed by atoms with van der Waals surface area (Å²) in [5.41, 5.74) is 1.18. The Labute approximate surface area is 140 Å². The van der Waals surface area contributed by atoms with Crippen molar-refractivity contribution in [3.8, 4) is 0 Å². The highest BCUT2D eigenvalue weighted by Crippen LogP contribution is 2.30. The number of hydrogen-bond donors (Lipinski definition) is 1. The van der Waals surface area contributed by atoms with Crippen LogP contribution in [0.2, 0.25) is 0 Å². The zero-order valence-electron chi connectivity index (χ0n) is 13.7. The van der Waals surface area contributed by atoms with E-state index in [0.29, 0.717) is 30.5 Å². The number of benzene rings is 2. The van der Waals surface area contributed by atoms with E-state index in [1.807, 2.05) is 24.3 Å². The number of nitrogens with one attached hydrogen (secondary N) is 1. The van der Waals surface area contributed by atoms with Gasteiger partial charge in [0, 0.05) is 36.5 Å². The Hall–Kier alpha value is -2.69. The van der Waals surface area contributed by atoms with Gasteiger partial charge in [-0.3, -0.25) is 19.3 Å². The minimum atomic E-state index is -0.226. The first-order valence-electron chi connectivity index (χ1n) is 8.22. The summed E-state index contributed by atoms with van der Waals surface area (Å²) in [7, 11) is 1.62. The van der Waals surface area contributed by atoms with Gasteiger partial charge < -0.3 is 5.32 Å². The van der Waals surface area contributed by atoms with Crippen molar-refractivity contribution in [3.05, 3.63) is 47.5 Å². The van der Waals surface area contributed by atoms with Gasteiger partial charge in [0.15, 0.2) is 0 Å². The van der Waals surface area contributed by atoms with Crippen LogP contribution in [0.1, 0.15) is 46.4 Å². The van der Waals surface area contributed by atoms with Crippen molar-refractivity contribution in [1.82, 2.24) is 10.2 Å². The molecule has 0 aliphatic carbocycles. The fraction of sp³-hybridized carbons (Fsp3) is 0.316. The molecule has 0 fully saturated rings. The third-order valence-corrected chi connectivity index (χ3v) is 4.42. The molecular weight excluding hydrogens is 304 g/mol. The molecule has 0 bridgehead atoms. The molecule has 2 aromatic rings. The van der Waals surface area contributed by atoms with Gasteiger partial charge >= 0.3 is 0 Å². The van der Waals surface area contributed by atoms with E-state index in [1.54, 1.807) is 19.2 Å². The molecule has 0 aromatic heterocycles. The molecule has 2 aromatic carbocycles. The Morgan fingerprint density at radius 2 is 1.58 bits per heavy atom. The van der Waals surface area contributed by atoms with E-state index in [2.05, 4.69) is 5.32 Å². The maximum Gasteiger partial charge on any atom is 0.261 e. The van der Waals surface area contributed by atoms with Crippen LogP contribution in [0.5, 0.6) is 0 Å². The van der Waals surface area contributed by atoms with Crippen LogP contribution in [0.3, 0.4) is 0 Å². The van der Waals surface area contributed by atoms with Crippen molar-refractivity contribution in [2.45, 2.75) is 25.7 Å². The van der Waals surface area contributed by atoms with Crippen LogP contribution in [0.15, 0.2) is 36.4 Å². The Balaban J connectivity index is 1.72. The van der Waals surface area contributed by atoms with Crippen molar-refractivity contribution < 1.29 is 14.4 Å². The average Bonchev–Trinajstić information content (AvgIpc) is 2.61. The van der Waals surface area contributed by atoms with E-state index < -0.39 is 0 Å². The van der Waals surface area contributed by atoms with Crippen LogP contribution in [-0.2, 0) is 4.79 Å². The molecule has 0 radical (unpaired) electrons. The van der Waals surface area contributed by atoms with Crippen molar-refractivity contribution >= 4 is 28.5 Å². The third kappa shape index (κ3) is 2.89. The molecule has 0 saturated carbocycles. The van der Waals surface area contributed by atoms with Gasteiger partial charge in [0.05, 0.1) is 0 Å². The van der Waals surface area contributed by atoms with Crippen LogP contribution in [-0.4, -0.2) is 36.2 Å². The van der Waals surface area contributed by atoms with Gasteiger partial charge in [0.25, 0.3) is 11.8 Å². The number of carbonyl (C=O) groups is 3. The second-order valence-corrected chi connectivity index (χ2v) is 5.96. The molecule has 1 heterocycles. The monoisotopic (exact) mass is 324 g/mol. The highest BCUT2D eigenvalue weighted by Gasteiger charge is 2.31. The fourth-order valence-corrected chi connectivity index (χ4v) is 3.14. The summed E-state index contributed by atoms with van der Waals surface area (Å²) in [6, 6.07) is 11.1.